The van der Waals surface area contributed by atoms with Crippen LogP contribution in [0, 0.1) is 5.92 Å². The van der Waals surface area contributed by atoms with Crippen molar-refractivity contribution in [2.75, 3.05) is 24.8 Å². The number of benzene rings is 2. The van der Waals surface area contributed by atoms with Crippen LogP contribution in [0.5, 0.6) is 0 Å². The Bertz CT molecular complexity index is 1090. The van der Waals surface area contributed by atoms with Crippen molar-refractivity contribution in [1.29, 1.82) is 0 Å². The van der Waals surface area contributed by atoms with Gasteiger partial charge in [-0.1, -0.05) is 36.4 Å². The molecular weight excluding hydrogens is 354 g/mol. The molecule has 0 radical (unpaired) electrons. The molecule has 0 bridgehead atoms. The number of nitrogens with zero attached hydrogens (tertiary/aromatic N) is 1. The third-order valence-electron chi connectivity index (χ3n) is 5.11. The Hall–Kier alpha value is -3.12. The number of hydrogen-bond acceptors (Lipinski definition) is 4. The third kappa shape index (κ3) is 3.39. The summed E-state index contributed by atoms with van der Waals surface area (Å²) in [6.45, 7) is 0.734. The molecule has 144 valence electrons. The number of carbonyl (C=O) groups excluding carboxylic acids is 1. The molecule has 1 heterocycles. The maximum absolute atomic E-state index is 13.1. The standard InChI is InChI=1S/C22H23N3O3/c1-28-12-11-25-20(23)19(14-5-3-2-4-6-14)17-10-9-16(13-18(17)22(25)27)24-21(26)15-7-8-15/h2-6,9-10,13,15H,7-8,11-12,23H2,1H3,(H,24,26). The topological polar surface area (TPSA) is 86.3 Å². The molecule has 1 aliphatic rings. The first-order valence-corrected chi connectivity index (χ1v) is 9.41. The zero-order chi connectivity index (χ0) is 19.7. The molecule has 0 spiro atoms. The number of methoxy groups -OCH3 is 1. The van der Waals surface area contributed by atoms with Crippen LogP contribution in [-0.4, -0.2) is 24.2 Å². The van der Waals surface area contributed by atoms with Gasteiger partial charge in [-0.3, -0.25) is 14.2 Å². The molecule has 1 amide bonds. The van der Waals surface area contributed by atoms with Crippen LogP contribution in [-0.2, 0) is 16.1 Å². The third-order valence-corrected chi connectivity index (χ3v) is 5.11. The highest BCUT2D eigenvalue weighted by atomic mass is 16.5. The van der Waals surface area contributed by atoms with Crippen molar-refractivity contribution in [3.8, 4) is 11.1 Å². The van der Waals surface area contributed by atoms with Crippen LogP contribution in [0.25, 0.3) is 21.9 Å². The molecule has 1 aliphatic carbocycles. The summed E-state index contributed by atoms with van der Waals surface area (Å²) in [5.41, 5.74) is 8.62. The normalized spacial score (nSPS) is 13.6. The SMILES string of the molecule is COCCn1c(N)c(-c2ccccc2)c2ccc(NC(=O)C3CC3)cc2c1=O. The highest BCUT2D eigenvalue weighted by molar-refractivity contribution is 6.03. The average molecular weight is 377 g/mol. The monoisotopic (exact) mass is 377 g/mol. The van der Waals surface area contributed by atoms with Gasteiger partial charge >= 0.3 is 0 Å². The van der Waals surface area contributed by atoms with E-state index in [4.69, 9.17) is 10.5 Å². The first-order chi connectivity index (χ1) is 13.6. The molecule has 1 saturated carbocycles. The predicted molar refractivity (Wildman–Crippen MR) is 111 cm³/mol. The lowest BCUT2D eigenvalue weighted by Crippen LogP contribution is -2.26. The number of nitrogens with one attached hydrogen (secondary N) is 1. The van der Waals surface area contributed by atoms with Crippen molar-refractivity contribution in [2.24, 2.45) is 5.92 Å². The highest BCUT2D eigenvalue weighted by Crippen LogP contribution is 2.34. The Kier molecular flexibility index (Phi) is 4.88. The van der Waals surface area contributed by atoms with Gasteiger partial charge in [0.1, 0.15) is 5.82 Å². The average Bonchev–Trinajstić information content (AvgIpc) is 3.55. The molecule has 0 aliphatic heterocycles. The van der Waals surface area contributed by atoms with Crippen molar-refractivity contribution in [2.45, 2.75) is 19.4 Å². The number of pyridine rings is 1. The number of hydrogen-bond donors (Lipinski definition) is 2. The van der Waals surface area contributed by atoms with Gasteiger partial charge in [0.2, 0.25) is 5.91 Å². The van der Waals surface area contributed by atoms with E-state index in [1.165, 1.54) is 0 Å². The number of aromatic nitrogens is 1. The molecule has 1 aromatic heterocycles. The van der Waals surface area contributed by atoms with E-state index in [1.807, 2.05) is 42.5 Å². The number of nitrogens with two attached hydrogens (primary N) is 1. The van der Waals surface area contributed by atoms with Gasteiger partial charge in [-0.15, -0.1) is 0 Å². The van der Waals surface area contributed by atoms with E-state index in [-0.39, 0.29) is 17.4 Å². The minimum atomic E-state index is -0.188. The van der Waals surface area contributed by atoms with Crippen molar-refractivity contribution < 1.29 is 9.53 Å². The minimum Gasteiger partial charge on any atom is -0.384 e. The van der Waals surface area contributed by atoms with Crippen molar-refractivity contribution in [3.05, 3.63) is 58.9 Å². The lowest BCUT2D eigenvalue weighted by atomic mass is 9.98. The van der Waals surface area contributed by atoms with Gasteiger partial charge < -0.3 is 15.8 Å². The number of fused-ring (bicyclic) bond motifs is 1. The van der Waals surface area contributed by atoms with Gasteiger partial charge in [0, 0.05) is 29.7 Å². The van der Waals surface area contributed by atoms with Crippen molar-refractivity contribution >= 4 is 28.2 Å². The van der Waals surface area contributed by atoms with E-state index in [2.05, 4.69) is 5.32 Å². The molecule has 3 aromatic rings. The molecule has 4 rings (SSSR count). The zero-order valence-electron chi connectivity index (χ0n) is 15.8. The molecule has 6 nitrogen and oxygen atoms in total. The van der Waals surface area contributed by atoms with Gasteiger partial charge in [0.25, 0.3) is 5.56 Å². The van der Waals surface area contributed by atoms with E-state index in [0.717, 1.165) is 29.4 Å². The number of ether oxygens (including phenoxy) is 1. The first kappa shape index (κ1) is 18.3. The number of carbonyl (C=O) groups is 1. The van der Waals surface area contributed by atoms with Crippen LogP contribution in [0.1, 0.15) is 12.8 Å². The van der Waals surface area contributed by atoms with Crippen LogP contribution >= 0.6 is 0 Å². The fourth-order valence-electron chi connectivity index (χ4n) is 3.45. The molecular formula is C22H23N3O3. The van der Waals surface area contributed by atoms with Gasteiger partial charge in [-0.05, 0) is 35.9 Å². The number of rotatable bonds is 6. The molecule has 2 aromatic carbocycles. The maximum Gasteiger partial charge on any atom is 0.260 e. The number of anilines is 2. The highest BCUT2D eigenvalue weighted by Gasteiger charge is 2.29. The van der Waals surface area contributed by atoms with Gasteiger partial charge in [-0.25, -0.2) is 0 Å². The van der Waals surface area contributed by atoms with E-state index in [1.54, 1.807) is 17.7 Å². The largest absolute Gasteiger partial charge is 0.384 e. The summed E-state index contributed by atoms with van der Waals surface area (Å²) in [7, 11) is 1.59. The van der Waals surface area contributed by atoms with Crippen molar-refractivity contribution in [3.63, 3.8) is 0 Å². The lowest BCUT2D eigenvalue weighted by Gasteiger charge is -2.17. The fourth-order valence-corrected chi connectivity index (χ4v) is 3.45. The predicted octanol–water partition coefficient (Wildman–Crippen LogP) is 3.25. The fraction of sp³-hybridized carbons (Fsp3) is 0.273. The molecule has 6 heteroatoms. The maximum atomic E-state index is 13.1. The van der Waals surface area contributed by atoms with Crippen LogP contribution < -0.4 is 16.6 Å². The summed E-state index contributed by atoms with van der Waals surface area (Å²) < 4.78 is 6.69. The van der Waals surface area contributed by atoms with Gasteiger partial charge in [0.15, 0.2) is 0 Å². The molecule has 0 saturated heterocycles. The quantitative estimate of drug-likeness (QED) is 0.690. The van der Waals surface area contributed by atoms with Crippen LogP contribution in [0.2, 0.25) is 0 Å². The number of nitrogen functional groups attached to an aromatic ring is 1. The first-order valence-electron chi connectivity index (χ1n) is 9.41. The van der Waals surface area contributed by atoms with Crippen LogP contribution in [0.15, 0.2) is 53.3 Å². The van der Waals surface area contributed by atoms with Gasteiger partial charge in [0.05, 0.1) is 13.2 Å². The number of amides is 1. The summed E-state index contributed by atoms with van der Waals surface area (Å²) >= 11 is 0. The lowest BCUT2D eigenvalue weighted by molar-refractivity contribution is -0.117. The molecule has 0 unspecified atom stereocenters. The van der Waals surface area contributed by atoms with Crippen LogP contribution in [0.4, 0.5) is 11.5 Å². The van der Waals surface area contributed by atoms with E-state index in [0.29, 0.717) is 30.0 Å². The van der Waals surface area contributed by atoms with E-state index < -0.39 is 0 Å². The Morgan fingerprint density at radius 1 is 1.18 bits per heavy atom. The molecule has 3 N–H and O–H groups in total. The summed E-state index contributed by atoms with van der Waals surface area (Å²) in [5.74, 6) is 0.522. The second kappa shape index (κ2) is 7.48. The summed E-state index contributed by atoms with van der Waals surface area (Å²) in [4.78, 5) is 25.3. The summed E-state index contributed by atoms with van der Waals surface area (Å²) in [6, 6.07) is 15.2. The Labute approximate surface area is 162 Å². The Morgan fingerprint density at radius 2 is 1.93 bits per heavy atom. The van der Waals surface area contributed by atoms with Gasteiger partial charge in [-0.2, -0.15) is 0 Å². The summed E-state index contributed by atoms with van der Waals surface area (Å²) in [6.07, 6.45) is 1.86. The molecule has 28 heavy (non-hydrogen) atoms. The van der Waals surface area contributed by atoms with E-state index >= 15 is 0 Å². The zero-order valence-corrected chi connectivity index (χ0v) is 15.8. The van der Waals surface area contributed by atoms with E-state index in [9.17, 15) is 9.59 Å². The second-order valence-electron chi connectivity index (χ2n) is 7.10. The summed E-state index contributed by atoms with van der Waals surface area (Å²) in [5, 5.41) is 4.21. The molecule has 0 atom stereocenters. The smallest absolute Gasteiger partial charge is 0.260 e. The minimum absolute atomic E-state index is 0.0118. The Balaban J connectivity index is 1.90. The van der Waals surface area contributed by atoms with Crippen molar-refractivity contribution in [1.82, 2.24) is 4.57 Å². The molecule has 1 fully saturated rings. The Morgan fingerprint density at radius 3 is 2.61 bits per heavy atom. The van der Waals surface area contributed by atoms with Crippen LogP contribution in [0.3, 0.4) is 0 Å². The second-order valence-corrected chi connectivity index (χ2v) is 7.10.